The highest BCUT2D eigenvalue weighted by molar-refractivity contribution is 7.14. The van der Waals surface area contributed by atoms with Crippen LogP contribution in [-0.4, -0.2) is 27.4 Å². The number of aromatic carboxylic acids is 1. The zero-order valence-corrected chi connectivity index (χ0v) is 18.8. The molecule has 5 nitrogen and oxygen atoms in total. The van der Waals surface area contributed by atoms with Crippen LogP contribution in [0, 0.1) is 5.82 Å². The zero-order chi connectivity index (χ0) is 23.0. The Morgan fingerprint density at radius 3 is 2.52 bits per heavy atom. The van der Waals surface area contributed by atoms with Crippen LogP contribution in [0.3, 0.4) is 0 Å². The third-order valence-electron chi connectivity index (χ3n) is 7.20. The average molecular weight is 464 g/mol. The van der Waals surface area contributed by atoms with E-state index in [1.807, 2.05) is 18.2 Å². The molecule has 7 heteroatoms. The summed E-state index contributed by atoms with van der Waals surface area (Å²) in [5.74, 6) is -1.10. The molecule has 1 spiro atoms. The first kappa shape index (κ1) is 20.4. The number of hydrogen-bond acceptors (Lipinski definition) is 4. The number of aromatic hydroxyl groups is 1. The van der Waals surface area contributed by atoms with Crippen LogP contribution >= 0.6 is 11.3 Å². The van der Waals surface area contributed by atoms with Crippen molar-refractivity contribution in [3.8, 4) is 11.4 Å². The number of halogens is 1. The first-order valence-electron chi connectivity index (χ1n) is 10.9. The molecule has 1 saturated carbocycles. The number of thiophene rings is 1. The van der Waals surface area contributed by atoms with E-state index in [0.717, 1.165) is 52.0 Å². The molecule has 33 heavy (non-hydrogen) atoms. The molecule has 0 bridgehead atoms. The summed E-state index contributed by atoms with van der Waals surface area (Å²) in [4.78, 5) is 12.7. The Morgan fingerprint density at radius 2 is 1.88 bits per heavy atom. The van der Waals surface area contributed by atoms with Crippen LogP contribution < -0.4 is 0 Å². The van der Waals surface area contributed by atoms with Gasteiger partial charge in [-0.25, -0.2) is 9.18 Å². The average Bonchev–Trinajstić information content (AvgIpc) is 3.39. The number of carboxylic acid groups (broad SMARTS) is 1. The largest absolute Gasteiger partial charge is 0.507 e. The van der Waals surface area contributed by atoms with Gasteiger partial charge in [0.25, 0.3) is 0 Å². The Balaban J connectivity index is 1.73. The maximum atomic E-state index is 13.8. The van der Waals surface area contributed by atoms with Gasteiger partial charge in [-0.2, -0.15) is 0 Å². The molecule has 1 fully saturated rings. The predicted octanol–water partition coefficient (Wildman–Crippen LogP) is 5.95. The molecule has 1 aliphatic heterocycles. The Morgan fingerprint density at radius 1 is 1.12 bits per heavy atom. The van der Waals surface area contributed by atoms with E-state index in [-0.39, 0.29) is 16.4 Å². The highest BCUT2D eigenvalue weighted by atomic mass is 32.1. The quantitative estimate of drug-likeness (QED) is 0.394. The number of hydrogen-bond donors (Lipinski definition) is 2. The topological polar surface area (TPSA) is 71.7 Å². The minimum Gasteiger partial charge on any atom is -0.507 e. The van der Waals surface area contributed by atoms with E-state index < -0.39 is 17.0 Å². The second-order valence-corrected chi connectivity index (χ2v) is 10.2. The number of rotatable bonds is 3. The number of phenolic OH excluding ortho intramolecular Hbond substituents is 1. The normalized spacial score (nSPS) is 21.2. The van der Waals surface area contributed by atoms with Crippen molar-refractivity contribution >= 4 is 28.2 Å². The smallest absolute Gasteiger partial charge is 0.345 e. The van der Waals surface area contributed by atoms with Gasteiger partial charge in [0.2, 0.25) is 0 Å². The van der Waals surface area contributed by atoms with E-state index in [4.69, 9.17) is 4.74 Å². The van der Waals surface area contributed by atoms with Gasteiger partial charge in [0.15, 0.2) is 0 Å². The molecule has 0 saturated heterocycles. The number of fused-ring (bicyclic) bond motifs is 4. The number of nitrogens with zero attached hydrogens (tertiary/aromatic N) is 1. The molecule has 3 heterocycles. The monoisotopic (exact) mass is 463 g/mol. The molecule has 1 atom stereocenters. The molecule has 2 N–H and O–H groups in total. The second kappa shape index (κ2) is 6.92. The van der Waals surface area contributed by atoms with Crippen LogP contribution in [0.25, 0.3) is 16.6 Å². The summed E-state index contributed by atoms with van der Waals surface area (Å²) < 4.78 is 22.5. The van der Waals surface area contributed by atoms with Gasteiger partial charge in [-0.05, 0) is 74.7 Å². The van der Waals surface area contributed by atoms with Crippen LogP contribution in [0.1, 0.15) is 52.0 Å². The minimum atomic E-state index is -0.959. The van der Waals surface area contributed by atoms with Crippen LogP contribution in [-0.2, 0) is 15.8 Å². The number of benzene rings is 2. The second-order valence-electron chi connectivity index (χ2n) is 9.14. The molecule has 4 aromatic rings. The number of carboxylic acids is 1. The Labute approximate surface area is 193 Å². The Hall–Kier alpha value is -3.16. The first-order valence-corrected chi connectivity index (χ1v) is 11.8. The van der Waals surface area contributed by atoms with Crippen molar-refractivity contribution in [1.29, 1.82) is 0 Å². The molecule has 2 aromatic heterocycles. The number of phenols is 1. The van der Waals surface area contributed by atoms with Crippen LogP contribution in [0.2, 0.25) is 0 Å². The van der Waals surface area contributed by atoms with Gasteiger partial charge in [-0.15, -0.1) is 11.3 Å². The molecule has 1 aliphatic carbocycles. The summed E-state index contributed by atoms with van der Waals surface area (Å²) in [7, 11) is 0. The van der Waals surface area contributed by atoms with E-state index in [0.29, 0.717) is 6.61 Å². The number of aromatic nitrogens is 1. The van der Waals surface area contributed by atoms with E-state index in [1.165, 1.54) is 23.5 Å². The van der Waals surface area contributed by atoms with Gasteiger partial charge in [0, 0.05) is 21.5 Å². The van der Waals surface area contributed by atoms with E-state index in [2.05, 4.69) is 11.5 Å². The lowest BCUT2D eigenvalue weighted by Crippen LogP contribution is -2.49. The summed E-state index contributed by atoms with van der Waals surface area (Å²) in [6.07, 6.45) is 2.76. The predicted molar refractivity (Wildman–Crippen MR) is 124 cm³/mol. The van der Waals surface area contributed by atoms with Crippen molar-refractivity contribution in [2.75, 3.05) is 6.61 Å². The molecular formula is C26H22FNO4S. The van der Waals surface area contributed by atoms with Crippen LogP contribution in [0.15, 0.2) is 54.6 Å². The summed E-state index contributed by atoms with van der Waals surface area (Å²) >= 11 is 1.24. The fourth-order valence-electron chi connectivity index (χ4n) is 5.39. The molecular weight excluding hydrogens is 441 g/mol. The van der Waals surface area contributed by atoms with Crippen molar-refractivity contribution in [1.82, 2.24) is 4.57 Å². The van der Waals surface area contributed by atoms with Crippen molar-refractivity contribution in [3.05, 3.63) is 81.4 Å². The molecule has 2 aromatic carbocycles. The number of ether oxygens (including phenoxy) is 1. The van der Waals surface area contributed by atoms with E-state index in [1.54, 1.807) is 24.3 Å². The van der Waals surface area contributed by atoms with Crippen molar-refractivity contribution < 1.29 is 24.1 Å². The molecule has 0 radical (unpaired) electrons. The Kier molecular flexibility index (Phi) is 4.29. The van der Waals surface area contributed by atoms with Gasteiger partial charge >= 0.3 is 5.97 Å². The SMILES string of the molecule is CC1(c2ccc(C(=O)O)s2)COC2(CCC2)c2c1c1c(O)cccc1n2-c1ccc(F)cc1. The minimum absolute atomic E-state index is 0.169. The fourth-order valence-corrected chi connectivity index (χ4v) is 6.38. The molecule has 1 unspecified atom stereocenters. The third kappa shape index (κ3) is 2.75. The first-order chi connectivity index (χ1) is 15.8. The molecule has 6 rings (SSSR count). The maximum absolute atomic E-state index is 13.8. The summed E-state index contributed by atoms with van der Waals surface area (Å²) in [6, 6.07) is 15.3. The summed E-state index contributed by atoms with van der Waals surface area (Å²) in [5, 5.41) is 21.3. The van der Waals surface area contributed by atoms with Crippen molar-refractivity contribution in [2.24, 2.45) is 0 Å². The van der Waals surface area contributed by atoms with E-state index >= 15 is 0 Å². The highest BCUT2D eigenvalue weighted by Crippen LogP contribution is 2.58. The molecule has 0 amide bonds. The van der Waals surface area contributed by atoms with Crippen LogP contribution in [0.5, 0.6) is 5.75 Å². The van der Waals surface area contributed by atoms with Crippen molar-refractivity contribution in [3.63, 3.8) is 0 Å². The Bertz CT molecular complexity index is 1420. The highest BCUT2D eigenvalue weighted by Gasteiger charge is 2.54. The lowest BCUT2D eigenvalue weighted by Gasteiger charge is -2.50. The van der Waals surface area contributed by atoms with Gasteiger partial charge < -0.3 is 19.5 Å². The lowest BCUT2D eigenvalue weighted by molar-refractivity contribution is -0.133. The van der Waals surface area contributed by atoms with Gasteiger partial charge in [0.1, 0.15) is 22.0 Å². The molecule has 2 aliphatic rings. The van der Waals surface area contributed by atoms with Gasteiger partial charge in [0.05, 0.1) is 23.2 Å². The van der Waals surface area contributed by atoms with Gasteiger partial charge in [-0.1, -0.05) is 6.07 Å². The van der Waals surface area contributed by atoms with Gasteiger partial charge in [-0.3, -0.25) is 0 Å². The lowest BCUT2D eigenvalue weighted by atomic mass is 9.68. The van der Waals surface area contributed by atoms with E-state index in [9.17, 15) is 19.4 Å². The molecule has 168 valence electrons. The van der Waals surface area contributed by atoms with Crippen LogP contribution in [0.4, 0.5) is 4.39 Å². The van der Waals surface area contributed by atoms with Crippen molar-refractivity contribution in [2.45, 2.75) is 37.2 Å². The third-order valence-corrected chi connectivity index (χ3v) is 8.54. The fraction of sp³-hybridized carbons (Fsp3) is 0.269. The zero-order valence-electron chi connectivity index (χ0n) is 18.0. The number of carbonyl (C=O) groups is 1. The summed E-state index contributed by atoms with van der Waals surface area (Å²) in [5.41, 5.74) is 2.41. The maximum Gasteiger partial charge on any atom is 0.345 e. The standard InChI is InChI=1S/C26H22FNO4S/c1-25(20-11-10-19(33-20)24(30)31)14-32-26(12-3-13-26)23-22(25)21-17(4-2-5-18(21)29)28(23)16-8-6-15(27)7-9-16/h2,4-11,29H,3,12-14H2,1H3,(H,30,31). The summed E-state index contributed by atoms with van der Waals surface area (Å²) in [6.45, 7) is 2.44.